The highest BCUT2D eigenvalue weighted by molar-refractivity contribution is 5.98. The number of carbonyl (C=O) groups is 1. The van der Waals surface area contributed by atoms with E-state index in [1.807, 2.05) is 6.08 Å². The quantitative estimate of drug-likeness (QED) is 0.561. The van der Waals surface area contributed by atoms with Gasteiger partial charge >= 0.3 is 0 Å². The van der Waals surface area contributed by atoms with Crippen molar-refractivity contribution >= 4 is 11.5 Å². The maximum atomic E-state index is 13.0. The average Bonchev–Trinajstić information content (AvgIpc) is 3.09. The summed E-state index contributed by atoms with van der Waals surface area (Å²) in [6.07, 6.45) is 12.2. The molecular weight excluding hydrogens is 366 g/mol. The van der Waals surface area contributed by atoms with E-state index in [0.29, 0.717) is 11.2 Å². The lowest BCUT2D eigenvalue weighted by atomic mass is 9.55. The molecule has 1 unspecified atom stereocenters. The maximum Gasteiger partial charge on any atom is 0.163 e. The van der Waals surface area contributed by atoms with Crippen LogP contribution in [0.25, 0.3) is 0 Å². The van der Waals surface area contributed by atoms with Crippen LogP contribution in [-0.4, -0.2) is 19.9 Å². The molecule has 0 spiro atoms. The Bertz CT molecular complexity index is 905. The zero-order valence-corrected chi connectivity index (χ0v) is 19.2. The first-order valence-corrected chi connectivity index (χ1v) is 12.2. The van der Waals surface area contributed by atoms with Crippen LogP contribution in [0.3, 0.4) is 0 Å². The molecule has 0 heterocycles. The summed E-state index contributed by atoms with van der Waals surface area (Å²) in [4.78, 5) is 15.2. The highest BCUT2D eigenvalue weighted by Gasteiger charge is 2.53. The van der Waals surface area contributed by atoms with Gasteiger partial charge in [-0.1, -0.05) is 38.0 Å². The molecule has 30 heavy (non-hydrogen) atoms. The normalized spacial score (nSPS) is 35.5. The summed E-state index contributed by atoms with van der Waals surface area (Å²) in [5.41, 5.74) is 7.63. The van der Waals surface area contributed by atoms with Crippen molar-refractivity contribution in [2.24, 2.45) is 23.2 Å². The number of nitrogens with zero attached hydrogens (tertiary/aromatic N) is 1. The van der Waals surface area contributed by atoms with Crippen LogP contribution in [0.2, 0.25) is 0 Å². The number of allylic oxidation sites excluding steroid dienone is 4. The Balaban J connectivity index is 1.47. The molecule has 2 saturated carbocycles. The van der Waals surface area contributed by atoms with E-state index in [4.69, 9.17) is 0 Å². The first kappa shape index (κ1) is 20.1. The van der Waals surface area contributed by atoms with Crippen molar-refractivity contribution in [1.82, 2.24) is 0 Å². The summed E-state index contributed by atoms with van der Waals surface area (Å²) in [5, 5.41) is 0. The molecule has 0 radical (unpaired) electrons. The smallest absolute Gasteiger partial charge is 0.163 e. The minimum absolute atomic E-state index is 0.00601. The van der Waals surface area contributed by atoms with Gasteiger partial charge in [0.15, 0.2) is 5.78 Å². The van der Waals surface area contributed by atoms with E-state index in [1.54, 1.807) is 11.1 Å². The number of anilines is 1. The zero-order valence-electron chi connectivity index (χ0n) is 19.2. The van der Waals surface area contributed by atoms with Gasteiger partial charge in [0.25, 0.3) is 0 Å². The summed E-state index contributed by atoms with van der Waals surface area (Å²) in [5.74, 6) is 2.89. The van der Waals surface area contributed by atoms with Gasteiger partial charge < -0.3 is 4.90 Å². The molecule has 0 aromatic heterocycles. The van der Waals surface area contributed by atoms with Crippen LogP contribution in [-0.2, 0) is 4.79 Å². The predicted octanol–water partition coefficient (Wildman–Crippen LogP) is 6.68. The Morgan fingerprint density at radius 2 is 1.83 bits per heavy atom. The van der Waals surface area contributed by atoms with E-state index in [2.05, 4.69) is 57.1 Å². The summed E-state index contributed by atoms with van der Waals surface area (Å²) >= 11 is 0. The van der Waals surface area contributed by atoms with Crippen molar-refractivity contribution in [3.8, 4) is 0 Å². The van der Waals surface area contributed by atoms with Crippen molar-refractivity contribution in [2.45, 2.75) is 71.1 Å². The first-order chi connectivity index (χ1) is 14.4. The molecule has 160 valence electrons. The Morgan fingerprint density at radius 3 is 2.53 bits per heavy atom. The summed E-state index contributed by atoms with van der Waals surface area (Å²) < 4.78 is 0. The summed E-state index contributed by atoms with van der Waals surface area (Å²) in [6.45, 7) is 5.00. The lowest BCUT2D eigenvalue weighted by Crippen LogP contribution is -2.40. The fourth-order valence-electron chi connectivity index (χ4n) is 7.60. The predicted molar refractivity (Wildman–Crippen MR) is 125 cm³/mol. The fourth-order valence-corrected chi connectivity index (χ4v) is 7.60. The highest BCUT2D eigenvalue weighted by Crippen LogP contribution is 2.63. The average molecular weight is 404 g/mol. The molecule has 0 bridgehead atoms. The van der Waals surface area contributed by atoms with Crippen molar-refractivity contribution in [2.75, 3.05) is 19.0 Å². The molecule has 5 atom stereocenters. The fraction of sp³-hybridized carbons (Fsp3) is 0.607. The second-order valence-electron chi connectivity index (χ2n) is 10.8. The molecule has 2 nitrogen and oxygen atoms in total. The lowest BCUT2D eigenvalue weighted by Gasteiger charge is -2.49. The van der Waals surface area contributed by atoms with Crippen LogP contribution in [0.4, 0.5) is 5.69 Å². The van der Waals surface area contributed by atoms with Crippen molar-refractivity contribution in [3.63, 3.8) is 0 Å². The maximum absolute atomic E-state index is 13.0. The number of fused-ring (bicyclic) bond motifs is 4. The summed E-state index contributed by atoms with van der Waals surface area (Å²) in [7, 11) is 4.13. The highest BCUT2D eigenvalue weighted by atomic mass is 16.1. The molecule has 2 heteroatoms. The number of rotatable bonds is 3. The zero-order chi connectivity index (χ0) is 21.0. The van der Waals surface area contributed by atoms with Gasteiger partial charge in [-0.15, -0.1) is 0 Å². The SMILES string of the molecule is CC[C@H]1CC[C@H]2[C@@H]3CCC4=CC(=O)C(c5ccc(N(C)C)cc5)CC4=C3CC[C@]12C. The van der Waals surface area contributed by atoms with E-state index >= 15 is 0 Å². The van der Waals surface area contributed by atoms with E-state index < -0.39 is 0 Å². The standard InChI is InChI=1S/C28H37NO/c1-5-20-9-13-26-23-12-8-19-16-27(30)25(18-6-10-21(11-7-18)29(3)4)17-24(19)22(23)14-15-28(20,26)2/h6-7,10-11,16,20,23,25-26H,5,8-9,12-15,17H2,1-4H3/t20-,23+,25?,26-,28+/m0/s1. The topological polar surface area (TPSA) is 20.3 Å². The van der Waals surface area contributed by atoms with Crippen LogP contribution in [0.1, 0.15) is 76.7 Å². The van der Waals surface area contributed by atoms with Crippen LogP contribution >= 0.6 is 0 Å². The second kappa shape index (κ2) is 7.39. The van der Waals surface area contributed by atoms with Gasteiger partial charge in [0.1, 0.15) is 0 Å². The largest absolute Gasteiger partial charge is 0.378 e. The van der Waals surface area contributed by atoms with Crippen molar-refractivity contribution in [3.05, 3.63) is 52.6 Å². The molecule has 4 aliphatic carbocycles. The minimum Gasteiger partial charge on any atom is -0.378 e. The monoisotopic (exact) mass is 403 g/mol. The third-order valence-electron chi connectivity index (χ3n) is 9.34. The van der Waals surface area contributed by atoms with Gasteiger partial charge in [0.05, 0.1) is 5.92 Å². The van der Waals surface area contributed by atoms with Gasteiger partial charge in [0, 0.05) is 19.8 Å². The summed E-state index contributed by atoms with van der Waals surface area (Å²) in [6, 6.07) is 8.64. The molecule has 0 saturated heterocycles. The first-order valence-electron chi connectivity index (χ1n) is 12.2. The van der Waals surface area contributed by atoms with Gasteiger partial charge in [-0.05, 0) is 103 Å². The van der Waals surface area contributed by atoms with Crippen molar-refractivity contribution in [1.29, 1.82) is 0 Å². The number of hydrogen-bond donors (Lipinski definition) is 0. The van der Waals surface area contributed by atoms with E-state index in [1.165, 1.54) is 55.3 Å². The molecule has 0 amide bonds. The van der Waals surface area contributed by atoms with Gasteiger partial charge in [-0.2, -0.15) is 0 Å². The van der Waals surface area contributed by atoms with E-state index in [0.717, 1.165) is 30.6 Å². The van der Waals surface area contributed by atoms with E-state index in [9.17, 15) is 4.79 Å². The van der Waals surface area contributed by atoms with Gasteiger partial charge in [-0.25, -0.2) is 0 Å². The molecule has 0 aliphatic heterocycles. The van der Waals surface area contributed by atoms with Crippen molar-refractivity contribution < 1.29 is 4.79 Å². The van der Waals surface area contributed by atoms with Crippen LogP contribution in [0, 0.1) is 23.2 Å². The molecule has 5 rings (SSSR count). The van der Waals surface area contributed by atoms with Crippen LogP contribution < -0.4 is 4.90 Å². The molecule has 1 aromatic rings. The van der Waals surface area contributed by atoms with Gasteiger partial charge in [-0.3, -0.25) is 4.79 Å². The molecular formula is C28H37NO. The number of ketones is 1. The third kappa shape index (κ3) is 3.01. The van der Waals surface area contributed by atoms with Gasteiger partial charge in [0.2, 0.25) is 0 Å². The van der Waals surface area contributed by atoms with Crippen LogP contribution in [0.15, 0.2) is 47.1 Å². The molecule has 0 N–H and O–H groups in total. The van der Waals surface area contributed by atoms with E-state index in [-0.39, 0.29) is 5.92 Å². The molecule has 4 aliphatic rings. The Kier molecular flexibility index (Phi) is 4.95. The van der Waals surface area contributed by atoms with Crippen LogP contribution in [0.5, 0.6) is 0 Å². The Hall–Kier alpha value is -1.83. The number of hydrogen-bond acceptors (Lipinski definition) is 2. The minimum atomic E-state index is 0.00601. The third-order valence-corrected chi connectivity index (χ3v) is 9.34. The second-order valence-corrected chi connectivity index (χ2v) is 10.8. The Labute approximate surface area is 182 Å². The number of benzene rings is 1. The number of carbonyl (C=O) groups excluding carboxylic acids is 1. The lowest BCUT2D eigenvalue weighted by molar-refractivity contribution is -0.116. The molecule has 2 fully saturated rings. The Morgan fingerprint density at radius 1 is 1.07 bits per heavy atom. The molecule has 1 aromatic carbocycles.